The SMILES string of the molecule is COCC=CC1(C(=O)O)CS[C@@H]2C(NC(=O)C(=NOC)c3csc(N)n3)C(=O)N2C1. The highest BCUT2D eigenvalue weighted by molar-refractivity contribution is 8.00. The number of nitrogens with two attached hydrogens (primary N) is 1. The first kappa shape index (κ1) is 22.1. The Bertz CT molecular complexity index is 903. The number of amides is 2. The Morgan fingerprint density at radius 1 is 1.53 bits per heavy atom. The minimum atomic E-state index is -1.20. The molecular weight excluding hydrogens is 434 g/mol. The van der Waals surface area contributed by atoms with Crippen LogP contribution in [0.15, 0.2) is 22.7 Å². The first-order valence-electron chi connectivity index (χ1n) is 8.78. The summed E-state index contributed by atoms with van der Waals surface area (Å²) in [5, 5.41) is 17.5. The van der Waals surface area contributed by atoms with Gasteiger partial charge in [-0.25, -0.2) is 4.98 Å². The number of fused-ring (bicyclic) bond motifs is 1. The van der Waals surface area contributed by atoms with Gasteiger partial charge in [0.1, 0.15) is 29.6 Å². The van der Waals surface area contributed by atoms with Gasteiger partial charge in [-0.1, -0.05) is 17.3 Å². The van der Waals surface area contributed by atoms with E-state index in [2.05, 4.69) is 15.5 Å². The molecule has 2 amide bonds. The molecule has 0 radical (unpaired) electrons. The number of carboxylic acids is 1. The van der Waals surface area contributed by atoms with Crippen molar-refractivity contribution in [1.82, 2.24) is 15.2 Å². The van der Waals surface area contributed by atoms with E-state index in [1.807, 2.05) is 0 Å². The zero-order chi connectivity index (χ0) is 21.9. The molecular formula is C17H21N5O6S2. The van der Waals surface area contributed by atoms with Gasteiger partial charge in [0.05, 0.1) is 6.61 Å². The first-order chi connectivity index (χ1) is 14.3. The quantitative estimate of drug-likeness (QED) is 0.208. The topological polar surface area (TPSA) is 156 Å². The summed E-state index contributed by atoms with van der Waals surface area (Å²) in [6, 6.07) is -0.796. The molecule has 0 spiro atoms. The summed E-state index contributed by atoms with van der Waals surface area (Å²) in [7, 11) is 2.80. The molecule has 13 heteroatoms. The van der Waals surface area contributed by atoms with Crippen molar-refractivity contribution in [2.75, 3.05) is 38.9 Å². The molecule has 4 N–H and O–H groups in total. The number of carbonyl (C=O) groups excluding carboxylic acids is 2. The Morgan fingerprint density at radius 2 is 2.30 bits per heavy atom. The van der Waals surface area contributed by atoms with Crippen LogP contribution in [0.1, 0.15) is 5.69 Å². The van der Waals surface area contributed by atoms with Crippen LogP contribution in [0, 0.1) is 5.41 Å². The standard InChI is InChI=1S/C17H21N5O6S2/c1-27-5-3-4-17(15(25)26)7-22-13(24)11(14(22)30-8-17)20-12(23)10(21-28-2)9-6-29-16(18)19-9/h3-4,6,11,14H,5,7-8H2,1-2H3,(H2,18,19)(H,20,23)(H,25,26)/t11?,14-,17?/m1/s1. The molecule has 3 heterocycles. The Kier molecular flexibility index (Phi) is 6.63. The molecule has 1 aromatic heterocycles. The van der Waals surface area contributed by atoms with E-state index in [-0.39, 0.29) is 46.7 Å². The molecule has 0 saturated carbocycles. The minimum Gasteiger partial charge on any atom is -0.481 e. The van der Waals surface area contributed by atoms with E-state index in [4.69, 9.17) is 15.3 Å². The molecule has 2 fully saturated rings. The van der Waals surface area contributed by atoms with Gasteiger partial charge < -0.3 is 30.6 Å². The zero-order valence-corrected chi connectivity index (χ0v) is 17.9. The molecule has 3 rings (SSSR count). The van der Waals surface area contributed by atoms with Crippen molar-refractivity contribution in [3.63, 3.8) is 0 Å². The average Bonchev–Trinajstić information content (AvgIpc) is 3.15. The van der Waals surface area contributed by atoms with Crippen LogP contribution in [0.2, 0.25) is 0 Å². The summed E-state index contributed by atoms with van der Waals surface area (Å²) in [6.07, 6.45) is 3.20. The van der Waals surface area contributed by atoms with Crippen molar-refractivity contribution in [2.24, 2.45) is 10.6 Å². The zero-order valence-electron chi connectivity index (χ0n) is 16.2. The van der Waals surface area contributed by atoms with E-state index >= 15 is 0 Å². The summed E-state index contributed by atoms with van der Waals surface area (Å²) in [5.41, 5.74) is 4.55. The van der Waals surface area contributed by atoms with E-state index in [0.717, 1.165) is 11.3 Å². The summed E-state index contributed by atoms with van der Waals surface area (Å²) >= 11 is 2.44. The highest BCUT2D eigenvalue weighted by atomic mass is 32.2. The van der Waals surface area contributed by atoms with Crippen molar-refractivity contribution < 1.29 is 29.1 Å². The largest absolute Gasteiger partial charge is 0.481 e. The summed E-state index contributed by atoms with van der Waals surface area (Å²) in [5.74, 6) is -1.75. The number of hydrogen-bond donors (Lipinski definition) is 3. The van der Waals surface area contributed by atoms with Gasteiger partial charge in [-0.15, -0.1) is 23.1 Å². The molecule has 2 saturated heterocycles. The van der Waals surface area contributed by atoms with Gasteiger partial charge in [-0.05, 0) is 0 Å². The van der Waals surface area contributed by atoms with E-state index in [1.54, 1.807) is 17.5 Å². The third-order valence-electron chi connectivity index (χ3n) is 4.68. The Balaban J connectivity index is 1.70. The van der Waals surface area contributed by atoms with Gasteiger partial charge in [0, 0.05) is 24.8 Å². The van der Waals surface area contributed by atoms with Crippen LogP contribution in [-0.4, -0.2) is 83.0 Å². The fourth-order valence-corrected chi connectivity index (χ4v) is 5.23. The number of thioether (sulfide) groups is 1. The molecule has 2 unspecified atom stereocenters. The van der Waals surface area contributed by atoms with E-state index in [1.165, 1.54) is 30.9 Å². The van der Waals surface area contributed by atoms with Gasteiger partial charge in [-0.3, -0.25) is 14.4 Å². The number of anilines is 1. The fourth-order valence-electron chi connectivity index (χ4n) is 3.17. The van der Waals surface area contributed by atoms with Crippen molar-refractivity contribution >= 4 is 51.7 Å². The number of hydrogen-bond acceptors (Lipinski definition) is 10. The van der Waals surface area contributed by atoms with Gasteiger partial charge in [0.15, 0.2) is 10.8 Å². The molecule has 0 aromatic carbocycles. The van der Waals surface area contributed by atoms with Crippen LogP contribution in [0.4, 0.5) is 5.13 Å². The number of aliphatic carboxylic acids is 1. The second kappa shape index (κ2) is 9.02. The third kappa shape index (κ3) is 4.13. The molecule has 11 nitrogen and oxygen atoms in total. The molecule has 1 aromatic rings. The Hall–Kier alpha value is -2.64. The monoisotopic (exact) mass is 455 g/mol. The van der Waals surface area contributed by atoms with Crippen molar-refractivity contribution in [3.8, 4) is 0 Å². The number of β-lactam (4-membered cyclic amide) rings is 1. The summed E-state index contributed by atoms with van der Waals surface area (Å²) in [6.45, 7) is 0.297. The van der Waals surface area contributed by atoms with Crippen LogP contribution in [0.3, 0.4) is 0 Å². The van der Waals surface area contributed by atoms with Crippen LogP contribution in [-0.2, 0) is 24.0 Å². The number of carboxylic acid groups (broad SMARTS) is 1. The summed E-state index contributed by atoms with van der Waals surface area (Å²) in [4.78, 5) is 47.4. The van der Waals surface area contributed by atoms with Crippen LogP contribution < -0.4 is 11.1 Å². The van der Waals surface area contributed by atoms with Crippen LogP contribution in [0.5, 0.6) is 0 Å². The van der Waals surface area contributed by atoms with Crippen LogP contribution in [0.25, 0.3) is 0 Å². The average molecular weight is 456 g/mol. The number of ether oxygens (including phenoxy) is 1. The number of rotatable bonds is 8. The Morgan fingerprint density at radius 3 is 2.90 bits per heavy atom. The number of carbonyl (C=O) groups is 3. The van der Waals surface area contributed by atoms with Gasteiger partial charge in [0.25, 0.3) is 5.91 Å². The van der Waals surface area contributed by atoms with E-state index < -0.39 is 23.3 Å². The van der Waals surface area contributed by atoms with Crippen molar-refractivity contribution in [3.05, 3.63) is 23.2 Å². The second-order valence-electron chi connectivity index (χ2n) is 6.63. The minimum absolute atomic E-state index is 0.0209. The predicted molar refractivity (Wildman–Crippen MR) is 111 cm³/mol. The lowest BCUT2D eigenvalue weighted by atomic mass is 9.86. The summed E-state index contributed by atoms with van der Waals surface area (Å²) < 4.78 is 4.93. The predicted octanol–water partition coefficient (Wildman–Crippen LogP) is -0.251. The van der Waals surface area contributed by atoms with E-state index in [0.29, 0.717) is 0 Å². The maximum Gasteiger partial charge on any atom is 0.316 e. The molecule has 0 aliphatic carbocycles. The van der Waals surface area contributed by atoms with Crippen LogP contribution >= 0.6 is 23.1 Å². The Labute approximate surface area is 180 Å². The number of nitrogens with zero attached hydrogens (tertiary/aromatic N) is 3. The van der Waals surface area contributed by atoms with Crippen molar-refractivity contribution in [2.45, 2.75) is 11.4 Å². The highest BCUT2D eigenvalue weighted by Gasteiger charge is 2.56. The van der Waals surface area contributed by atoms with Crippen molar-refractivity contribution in [1.29, 1.82) is 0 Å². The van der Waals surface area contributed by atoms with E-state index in [9.17, 15) is 19.5 Å². The lowest BCUT2D eigenvalue weighted by Crippen LogP contribution is -2.73. The van der Waals surface area contributed by atoms with Gasteiger partial charge >= 0.3 is 5.97 Å². The third-order valence-corrected chi connectivity index (χ3v) is 6.90. The lowest BCUT2D eigenvalue weighted by Gasteiger charge is -2.53. The smallest absolute Gasteiger partial charge is 0.316 e. The molecule has 2 aliphatic heterocycles. The molecule has 3 atom stereocenters. The highest BCUT2D eigenvalue weighted by Crippen LogP contribution is 2.43. The number of aromatic nitrogens is 1. The van der Waals surface area contributed by atoms with Gasteiger partial charge in [0.2, 0.25) is 5.91 Å². The van der Waals surface area contributed by atoms with Gasteiger partial charge in [-0.2, -0.15) is 0 Å². The number of oxime groups is 1. The number of methoxy groups -OCH3 is 1. The molecule has 30 heavy (non-hydrogen) atoms. The maximum absolute atomic E-state index is 12.7. The molecule has 2 aliphatic rings. The fraction of sp³-hybridized carbons (Fsp3) is 0.471. The number of nitrogen functional groups attached to an aromatic ring is 1. The number of nitrogens with one attached hydrogen (secondary N) is 1. The lowest BCUT2D eigenvalue weighted by molar-refractivity contribution is -0.156. The normalized spacial score (nSPS) is 26.3. The molecule has 0 bridgehead atoms. The first-order valence-corrected chi connectivity index (χ1v) is 10.7. The maximum atomic E-state index is 12.7. The second-order valence-corrected chi connectivity index (χ2v) is 8.63. The number of thiazole rings is 1. The molecule has 162 valence electrons.